The Morgan fingerprint density at radius 2 is 2.35 bits per heavy atom. The number of halogens is 1. The third kappa shape index (κ3) is 2.68. The Labute approximate surface area is 104 Å². The Morgan fingerprint density at radius 1 is 1.65 bits per heavy atom. The molecule has 92 valence electrons. The summed E-state index contributed by atoms with van der Waals surface area (Å²) in [5.74, 6) is -0.462. The number of hydrogen-bond donors (Lipinski definition) is 2. The van der Waals surface area contributed by atoms with Crippen LogP contribution >= 0.6 is 11.6 Å². The number of methoxy groups -OCH3 is 1. The fraction of sp³-hybridized carbons (Fsp3) is 0.455. The number of carbonyl (C=O) groups is 1. The molecular formula is C11H13ClN2O3. The van der Waals surface area contributed by atoms with Gasteiger partial charge in [-0.1, -0.05) is 11.6 Å². The van der Waals surface area contributed by atoms with Gasteiger partial charge in [0.25, 0.3) is 0 Å². The van der Waals surface area contributed by atoms with E-state index in [1.807, 2.05) is 0 Å². The lowest BCUT2D eigenvalue weighted by atomic mass is 9.89. The molecule has 1 fully saturated rings. The average Bonchev–Trinajstić information content (AvgIpc) is 2.26. The zero-order valence-electron chi connectivity index (χ0n) is 9.31. The number of pyridine rings is 1. The number of ether oxygens (including phenoxy) is 1. The third-order valence-corrected chi connectivity index (χ3v) is 2.96. The summed E-state index contributed by atoms with van der Waals surface area (Å²) in [5.41, 5.74) is 0.937. The molecular weight excluding hydrogens is 244 g/mol. The number of hydrogen-bond acceptors (Lipinski definition) is 5. The number of carbonyl (C=O) groups excluding carboxylic acids is 1. The van der Waals surface area contributed by atoms with E-state index < -0.39 is 5.97 Å². The number of esters is 1. The number of rotatable bonds is 3. The molecule has 6 heteroatoms. The maximum atomic E-state index is 11.5. The van der Waals surface area contributed by atoms with Crippen molar-refractivity contribution in [2.24, 2.45) is 0 Å². The minimum absolute atomic E-state index is 0.159. The molecule has 0 spiro atoms. The van der Waals surface area contributed by atoms with E-state index in [0.717, 1.165) is 0 Å². The van der Waals surface area contributed by atoms with Gasteiger partial charge in [-0.2, -0.15) is 0 Å². The third-order valence-electron chi connectivity index (χ3n) is 2.75. The van der Waals surface area contributed by atoms with Gasteiger partial charge in [0, 0.05) is 12.2 Å². The number of aliphatic hydroxyl groups excluding tert-OH is 1. The van der Waals surface area contributed by atoms with Crippen molar-refractivity contribution in [3.63, 3.8) is 0 Å². The van der Waals surface area contributed by atoms with Gasteiger partial charge in [0.2, 0.25) is 0 Å². The van der Waals surface area contributed by atoms with Crippen molar-refractivity contribution in [2.75, 3.05) is 12.4 Å². The van der Waals surface area contributed by atoms with Crippen LogP contribution in [-0.2, 0) is 4.74 Å². The van der Waals surface area contributed by atoms with Crippen LogP contribution in [0.25, 0.3) is 0 Å². The lowest BCUT2D eigenvalue weighted by Gasteiger charge is -2.33. The quantitative estimate of drug-likeness (QED) is 0.633. The van der Waals surface area contributed by atoms with Crippen LogP contribution < -0.4 is 5.32 Å². The van der Waals surface area contributed by atoms with Gasteiger partial charge in [-0.25, -0.2) is 9.78 Å². The van der Waals surface area contributed by atoms with Crippen LogP contribution in [0.1, 0.15) is 23.2 Å². The van der Waals surface area contributed by atoms with Gasteiger partial charge in [-0.15, -0.1) is 0 Å². The first-order chi connectivity index (χ1) is 8.10. The Balaban J connectivity index is 2.18. The van der Waals surface area contributed by atoms with Crippen molar-refractivity contribution in [3.05, 3.63) is 23.0 Å². The van der Waals surface area contributed by atoms with Crippen molar-refractivity contribution >= 4 is 23.3 Å². The first-order valence-corrected chi connectivity index (χ1v) is 5.66. The minimum Gasteiger partial charge on any atom is -0.465 e. The molecule has 0 unspecified atom stereocenters. The van der Waals surface area contributed by atoms with Crippen molar-refractivity contribution in [1.82, 2.24) is 4.98 Å². The lowest BCUT2D eigenvalue weighted by Crippen LogP contribution is -2.39. The molecule has 1 aliphatic rings. The summed E-state index contributed by atoms with van der Waals surface area (Å²) >= 11 is 5.79. The highest BCUT2D eigenvalue weighted by molar-refractivity contribution is 6.29. The van der Waals surface area contributed by atoms with E-state index in [9.17, 15) is 9.90 Å². The predicted octanol–water partition coefficient (Wildman–Crippen LogP) is 1.46. The molecule has 0 aliphatic heterocycles. The summed E-state index contributed by atoms with van der Waals surface area (Å²) in [6, 6.07) is 1.74. The van der Waals surface area contributed by atoms with Crippen LogP contribution in [0.15, 0.2) is 12.3 Å². The number of nitrogens with zero attached hydrogens (tertiary/aromatic N) is 1. The zero-order valence-corrected chi connectivity index (χ0v) is 10.1. The van der Waals surface area contributed by atoms with Crippen LogP contribution in [0.5, 0.6) is 0 Å². The molecule has 17 heavy (non-hydrogen) atoms. The molecule has 0 radical (unpaired) electrons. The molecule has 5 nitrogen and oxygen atoms in total. The van der Waals surface area contributed by atoms with Crippen LogP contribution in [0.3, 0.4) is 0 Å². The van der Waals surface area contributed by atoms with E-state index in [-0.39, 0.29) is 12.1 Å². The molecule has 1 saturated carbocycles. The minimum atomic E-state index is -0.462. The smallest absolute Gasteiger partial charge is 0.341 e. The van der Waals surface area contributed by atoms with Gasteiger partial charge in [0.05, 0.1) is 18.9 Å². The van der Waals surface area contributed by atoms with Gasteiger partial charge < -0.3 is 15.2 Å². The van der Waals surface area contributed by atoms with Crippen LogP contribution in [0.4, 0.5) is 5.69 Å². The molecule has 2 rings (SSSR count). The molecule has 1 aliphatic carbocycles. The van der Waals surface area contributed by atoms with E-state index in [1.54, 1.807) is 6.07 Å². The maximum absolute atomic E-state index is 11.5. The first-order valence-electron chi connectivity index (χ1n) is 5.28. The largest absolute Gasteiger partial charge is 0.465 e. The molecule has 0 amide bonds. The SMILES string of the molecule is COC(=O)c1cnc(Cl)cc1N[C@H]1C[C@@H](O)C1. The van der Waals surface area contributed by atoms with Crippen molar-refractivity contribution < 1.29 is 14.6 Å². The van der Waals surface area contributed by atoms with Gasteiger partial charge in [0.15, 0.2) is 0 Å². The monoisotopic (exact) mass is 256 g/mol. The molecule has 0 bridgehead atoms. The second-order valence-corrected chi connectivity index (χ2v) is 4.40. The Hall–Kier alpha value is -1.33. The van der Waals surface area contributed by atoms with E-state index in [2.05, 4.69) is 15.0 Å². The highest BCUT2D eigenvalue weighted by Gasteiger charge is 2.28. The Morgan fingerprint density at radius 3 is 2.94 bits per heavy atom. The molecule has 1 heterocycles. The van der Waals surface area contributed by atoms with Crippen molar-refractivity contribution in [2.45, 2.75) is 25.0 Å². The zero-order chi connectivity index (χ0) is 12.4. The summed E-state index contributed by atoms with van der Waals surface area (Å²) in [6.45, 7) is 0. The second kappa shape index (κ2) is 4.89. The van der Waals surface area contributed by atoms with E-state index >= 15 is 0 Å². The Kier molecular flexibility index (Phi) is 3.49. The van der Waals surface area contributed by atoms with E-state index in [0.29, 0.717) is 29.2 Å². The topological polar surface area (TPSA) is 71.5 Å². The molecule has 0 saturated heterocycles. The summed E-state index contributed by atoms with van der Waals surface area (Å²) < 4.78 is 4.66. The molecule has 2 N–H and O–H groups in total. The fourth-order valence-electron chi connectivity index (χ4n) is 1.75. The van der Waals surface area contributed by atoms with E-state index in [1.165, 1.54) is 13.3 Å². The lowest BCUT2D eigenvalue weighted by molar-refractivity contribution is 0.0601. The average molecular weight is 257 g/mol. The van der Waals surface area contributed by atoms with Gasteiger partial charge in [0.1, 0.15) is 10.7 Å². The summed E-state index contributed by atoms with van der Waals surface area (Å²) in [4.78, 5) is 15.4. The number of nitrogens with one attached hydrogen (secondary N) is 1. The predicted molar refractivity (Wildman–Crippen MR) is 63.2 cm³/mol. The van der Waals surface area contributed by atoms with Gasteiger partial charge in [-0.05, 0) is 18.9 Å². The second-order valence-electron chi connectivity index (χ2n) is 4.01. The normalized spacial score (nSPS) is 22.8. The van der Waals surface area contributed by atoms with E-state index in [4.69, 9.17) is 11.6 Å². The molecule has 0 atom stereocenters. The number of aliphatic hydroxyl groups is 1. The molecule has 1 aromatic heterocycles. The van der Waals surface area contributed by atoms with Crippen LogP contribution in [0.2, 0.25) is 5.15 Å². The highest BCUT2D eigenvalue weighted by Crippen LogP contribution is 2.27. The van der Waals surface area contributed by atoms with Crippen LogP contribution in [0, 0.1) is 0 Å². The van der Waals surface area contributed by atoms with Gasteiger partial charge >= 0.3 is 5.97 Å². The fourth-order valence-corrected chi connectivity index (χ4v) is 1.91. The number of anilines is 1. The van der Waals surface area contributed by atoms with Crippen molar-refractivity contribution in [3.8, 4) is 0 Å². The highest BCUT2D eigenvalue weighted by atomic mass is 35.5. The summed E-state index contributed by atoms with van der Waals surface area (Å²) in [7, 11) is 1.31. The van der Waals surface area contributed by atoms with Gasteiger partial charge in [-0.3, -0.25) is 0 Å². The first kappa shape index (κ1) is 12.1. The Bertz CT molecular complexity index is 433. The summed E-state index contributed by atoms with van der Waals surface area (Å²) in [5, 5.41) is 12.7. The molecule has 0 aromatic carbocycles. The standard InChI is InChI=1S/C11H13ClN2O3/c1-17-11(16)8-5-13-10(12)4-9(8)14-6-2-7(15)3-6/h4-7,15H,2-3H2,1H3,(H,13,14)/t6-,7+. The summed E-state index contributed by atoms with van der Waals surface area (Å²) in [6.07, 6.45) is 2.46. The number of aromatic nitrogens is 1. The van der Waals surface area contributed by atoms with Crippen LogP contribution in [-0.4, -0.2) is 35.3 Å². The van der Waals surface area contributed by atoms with Crippen molar-refractivity contribution in [1.29, 1.82) is 0 Å². The maximum Gasteiger partial charge on any atom is 0.341 e. The molecule has 1 aromatic rings.